The van der Waals surface area contributed by atoms with Gasteiger partial charge in [-0.2, -0.15) is 0 Å². The molecular weight excluding hydrogens is 476 g/mol. The first-order chi connectivity index (χ1) is 18.2. The first-order valence-corrected chi connectivity index (χ1v) is 12.8. The molecule has 0 N–H and O–H groups in total. The lowest BCUT2D eigenvalue weighted by atomic mass is 9.88. The number of benzene rings is 2. The summed E-state index contributed by atoms with van der Waals surface area (Å²) in [4.78, 5) is 24.8. The predicted octanol–water partition coefficient (Wildman–Crippen LogP) is 6.29. The number of hydrogen-bond donors (Lipinski definition) is 0. The molecule has 7 nitrogen and oxygen atoms in total. The third kappa shape index (κ3) is 4.58. The van der Waals surface area contributed by atoms with Crippen molar-refractivity contribution in [1.82, 2.24) is 14.8 Å². The molecule has 2 aromatic carbocycles. The van der Waals surface area contributed by atoms with Crippen LogP contribution >= 0.6 is 0 Å². The lowest BCUT2D eigenvalue weighted by molar-refractivity contribution is -0.0115. The van der Waals surface area contributed by atoms with E-state index >= 15 is 0 Å². The van der Waals surface area contributed by atoms with Crippen molar-refractivity contribution in [3.63, 3.8) is 0 Å². The van der Waals surface area contributed by atoms with Crippen molar-refractivity contribution < 1.29 is 13.9 Å². The summed E-state index contributed by atoms with van der Waals surface area (Å²) in [6, 6.07) is 15.6. The molecule has 1 amide bonds. The van der Waals surface area contributed by atoms with E-state index in [1.54, 1.807) is 25.2 Å². The summed E-state index contributed by atoms with van der Waals surface area (Å²) in [7, 11) is 3.49. The molecule has 5 rings (SSSR count). The van der Waals surface area contributed by atoms with E-state index < -0.39 is 0 Å². The summed E-state index contributed by atoms with van der Waals surface area (Å²) in [5.74, 6) is 0.654. The molecule has 1 saturated heterocycles. The van der Waals surface area contributed by atoms with E-state index in [2.05, 4.69) is 40.7 Å². The Labute approximate surface area is 223 Å². The fourth-order valence-electron chi connectivity index (χ4n) is 5.23. The second kappa shape index (κ2) is 10.1. The molecule has 7 heteroatoms. The SMILES string of the molecule is [C-]#[N+]c1cc(-c2ccnc3cc(-c4ccc(C(=O)N(C)C)cc4C)oc23)ccc1C(C)(C)N1CCOCC1. The van der Waals surface area contributed by atoms with Crippen molar-refractivity contribution in [2.75, 3.05) is 40.4 Å². The monoisotopic (exact) mass is 508 g/mol. The van der Waals surface area contributed by atoms with E-state index in [9.17, 15) is 4.79 Å². The quantitative estimate of drug-likeness (QED) is 0.297. The molecule has 0 atom stereocenters. The summed E-state index contributed by atoms with van der Waals surface area (Å²) in [5, 5.41) is 0. The van der Waals surface area contributed by atoms with Crippen LogP contribution in [0, 0.1) is 13.5 Å². The molecule has 0 radical (unpaired) electrons. The van der Waals surface area contributed by atoms with Crippen LogP contribution in [0.4, 0.5) is 5.69 Å². The lowest BCUT2D eigenvalue weighted by Gasteiger charge is -2.42. The molecule has 0 unspecified atom stereocenters. The van der Waals surface area contributed by atoms with Crippen LogP contribution < -0.4 is 0 Å². The highest BCUT2D eigenvalue weighted by Crippen LogP contribution is 2.40. The van der Waals surface area contributed by atoms with Gasteiger partial charge in [0.25, 0.3) is 5.91 Å². The molecule has 194 valence electrons. The molecule has 0 bridgehead atoms. The maximum Gasteiger partial charge on any atom is 0.253 e. The number of amides is 1. The molecule has 4 aromatic rings. The van der Waals surface area contributed by atoms with Crippen molar-refractivity contribution in [2.45, 2.75) is 26.3 Å². The first-order valence-electron chi connectivity index (χ1n) is 12.8. The van der Waals surface area contributed by atoms with E-state index in [1.165, 1.54) is 0 Å². The third-order valence-corrected chi connectivity index (χ3v) is 7.45. The van der Waals surface area contributed by atoms with Gasteiger partial charge in [0.05, 0.1) is 19.8 Å². The molecule has 1 aliphatic heterocycles. The highest BCUT2D eigenvalue weighted by Gasteiger charge is 2.32. The van der Waals surface area contributed by atoms with Crippen LogP contribution in [-0.4, -0.2) is 61.1 Å². The fraction of sp³-hybridized carbons (Fsp3) is 0.323. The molecule has 38 heavy (non-hydrogen) atoms. The number of hydrogen-bond acceptors (Lipinski definition) is 5. The number of fused-ring (bicyclic) bond motifs is 1. The van der Waals surface area contributed by atoms with Crippen LogP contribution in [0.25, 0.3) is 38.4 Å². The van der Waals surface area contributed by atoms with Crippen molar-refractivity contribution in [3.05, 3.63) is 82.8 Å². The van der Waals surface area contributed by atoms with E-state index in [1.807, 2.05) is 43.3 Å². The van der Waals surface area contributed by atoms with Gasteiger partial charge in [0, 0.05) is 61.7 Å². The number of carbonyl (C=O) groups is 1. The molecule has 0 aliphatic carbocycles. The zero-order valence-electron chi connectivity index (χ0n) is 22.5. The summed E-state index contributed by atoms with van der Waals surface area (Å²) in [5.41, 5.74) is 7.06. The second-order valence-corrected chi connectivity index (χ2v) is 10.4. The van der Waals surface area contributed by atoms with Gasteiger partial charge in [0.1, 0.15) is 11.3 Å². The first kappa shape index (κ1) is 25.7. The Morgan fingerprint density at radius 1 is 1.05 bits per heavy atom. The molecule has 0 spiro atoms. The van der Waals surface area contributed by atoms with E-state index in [0.29, 0.717) is 35.8 Å². The van der Waals surface area contributed by atoms with Crippen LogP contribution in [0.3, 0.4) is 0 Å². The number of morpholine rings is 1. The molecule has 1 fully saturated rings. The van der Waals surface area contributed by atoms with Gasteiger partial charge in [-0.15, -0.1) is 0 Å². The average molecular weight is 509 g/mol. The highest BCUT2D eigenvalue weighted by atomic mass is 16.5. The molecule has 3 heterocycles. The Hall–Kier alpha value is -3.99. The summed E-state index contributed by atoms with van der Waals surface area (Å²) in [6.45, 7) is 17.4. The molecule has 0 saturated carbocycles. The topological polar surface area (TPSA) is 63.2 Å². The van der Waals surface area contributed by atoms with Gasteiger partial charge in [-0.25, -0.2) is 4.85 Å². The summed E-state index contributed by atoms with van der Waals surface area (Å²) in [6.07, 6.45) is 1.77. The van der Waals surface area contributed by atoms with Gasteiger partial charge in [-0.3, -0.25) is 14.7 Å². The van der Waals surface area contributed by atoms with E-state index in [4.69, 9.17) is 15.7 Å². The minimum Gasteiger partial charge on any atom is -0.454 e. The van der Waals surface area contributed by atoms with Gasteiger partial charge < -0.3 is 14.1 Å². The molecule has 2 aromatic heterocycles. The minimum absolute atomic E-state index is 0.0379. The maximum atomic E-state index is 12.4. The number of carbonyl (C=O) groups excluding carboxylic acids is 1. The average Bonchev–Trinajstić information content (AvgIpc) is 3.36. The van der Waals surface area contributed by atoms with Gasteiger partial charge in [-0.1, -0.05) is 18.2 Å². The zero-order valence-corrected chi connectivity index (χ0v) is 22.5. The number of nitrogens with zero attached hydrogens (tertiary/aromatic N) is 4. The number of pyridine rings is 1. The second-order valence-electron chi connectivity index (χ2n) is 10.4. The third-order valence-electron chi connectivity index (χ3n) is 7.45. The standard InChI is InChI=1S/C31H32N4O3/c1-20-17-22(30(36)34(5)6)7-9-23(20)28-19-27-29(38-28)24(11-12-33-27)21-8-10-25(26(18-21)32-4)31(2,3)35-13-15-37-16-14-35/h7-12,17-19H,13-16H2,1-3,5-6H3. The lowest BCUT2D eigenvalue weighted by Crippen LogP contribution is -2.47. The van der Waals surface area contributed by atoms with Gasteiger partial charge in [-0.05, 0) is 61.7 Å². The Morgan fingerprint density at radius 3 is 2.50 bits per heavy atom. The smallest absolute Gasteiger partial charge is 0.253 e. The fourth-order valence-corrected chi connectivity index (χ4v) is 5.23. The molecule has 1 aliphatic rings. The van der Waals surface area contributed by atoms with Crippen molar-refractivity contribution in [3.8, 4) is 22.5 Å². The number of aryl methyl sites for hydroxylation is 1. The van der Waals surface area contributed by atoms with Crippen molar-refractivity contribution in [2.24, 2.45) is 0 Å². The van der Waals surface area contributed by atoms with Gasteiger partial charge >= 0.3 is 0 Å². The van der Waals surface area contributed by atoms with Gasteiger partial charge in [0.2, 0.25) is 0 Å². The Balaban J connectivity index is 1.53. The summed E-state index contributed by atoms with van der Waals surface area (Å²) < 4.78 is 11.9. The minimum atomic E-state index is -0.286. The van der Waals surface area contributed by atoms with Crippen LogP contribution in [-0.2, 0) is 10.3 Å². The van der Waals surface area contributed by atoms with Crippen LogP contribution in [0.1, 0.15) is 35.3 Å². The maximum absolute atomic E-state index is 12.4. The van der Waals surface area contributed by atoms with Crippen molar-refractivity contribution in [1.29, 1.82) is 0 Å². The number of rotatable bonds is 5. The van der Waals surface area contributed by atoms with Crippen LogP contribution in [0.15, 0.2) is 59.1 Å². The largest absolute Gasteiger partial charge is 0.454 e. The van der Waals surface area contributed by atoms with Gasteiger partial charge in [0.15, 0.2) is 11.3 Å². The Bertz CT molecular complexity index is 1560. The Kier molecular flexibility index (Phi) is 6.78. The van der Waals surface area contributed by atoms with Crippen LogP contribution in [0.2, 0.25) is 0 Å². The Morgan fingerprint density at radius 2 is 1.82 bits per heavy atom. The van der Waals surface area contributed by atoms with Crippen molar-refractivity contribution >= 4 is 22.7 Å². The van der Waals surface area contributed by atoms with E-state index in [-0.39, 0.29) is 11.4 Å². The van der Waals surface area contributed by atoms with Crippen LogP contribution in [0.5, 0.6) is 0 Å². The molecular formula is C31H32N4O3. The van der Waals surface area contributed by atoms with E-state index in [0.717, 1.165) is 46.4 Å². The number of aromatic nitrogens is 1. The summed E-state index contributed by atoms with van der Waals surface area (Å²) >= 11 is 0. The normalized spacial score (nSPS) is 14.4. The number of ether oxygens (including phenoxy) is 1. The predicted molar refractivity (Wildman–Crippen MR) is 149 cm³/mol. The number of furan rings is 1. The highest BCUT2D eigenvalue weighted by molar-refractivity contribution is 5.96. The zero-order chi connectivity index (χ0) is 27.0.